The summed E-state index contributed by atoms with van der Waals surface area (Å²) in [6, 6.07) is 8.70. The van der Waals surface area contributed by atoms with Crippen LogP contribution in [0.3, 0.4) is 0 Å². The predicted octanol–water partition coefficient (Wildman–Crippen LogP) is 2.98. The molecule has 0 spiro atoms. The van der Waals surface area contributed by atoms with E-state index >= 15 is 0 Å². The van der Waals surface area contributed by atoms with Crippen molar-refractivity contribution in [2.24, 2.45) is 0 Å². The van der Waals surface area contributed by atoms with Crippen LogP contribution in [0.5, 0.6) is 0 Å². The van der Waals surface area contributed by atoms with E-state index in [4.69, 9.17) is 4.74 Å². The van der Waals surface area contributed by atoms with Gasteiger partial charge in [-0.15, -0.1) is 0 Å². The standard InChI is InChI=1S/C19H25N3O2/c1-14-4-3-5-16-17(6-10-20-19(14)16)21-15-7-11-22(12-8-15)18(23)9-13-24-2/h3-6,10,15H,7-9,11-13H2,1-2H3,(H,20,21). The summed E-state index contributed by atoms with van der Waals surface area (Å²) in [6.45, 7) is 4.20. The summed E-state index contributed by atoms with van der Waals surface area (Å²) in [4.78, 5) is 18.5. The van der Waals surface area contributed by atoms with E-state index in [1.165, 1.54) is 5.56 Å². The molecule has 2 aromatic rings. The number of methoxy groups -OCH3 is 1. The van der Waals surface area contributed by atoms with E-state index in [9.17, 15) is 4.79 Å². The first kappa shape index (κ1) is 16.7. The van der Waals surface area contributed by atoms with Gasteiger partial charge in [-0.25, -0.2) is 0 Å². The smallest absolute Gasteiger partial charge is 0.224 e. The first-order chi connectivity index (χ1) is 11.7. The lowest BCUT2D eigenvalue weighted by Gasteiger charge is -2.33. The summed E-state index contributed by atoms with van der Waals surface area (Å²) >= 11 is 0. The van der Waals surface area contributed by atoms with Crippen LogP contribution < -0.4 is 5.32 Å². The molecule has 0 bridgehead atoms. The molecule has 1 N–H and O–H groups in total. The molecule has 1 aromatic heterocycles. The zero-order chi connectivity index (χ0) is 16.9. The number of hydrogen-bond donors (Lipinski definition) is 1. The minimum absolute atomic E-state index is 0.195. The van der Waals surface area contributed by atoms with Gasteiger partial charge >= 0.3 is 0 Å². The van der Waals surface area contributed by atoms with Crippen molar-refractivity contribution in [3.8, 4) is 0 Å². The van der Waals surface area contributed by atoms with Crippen molar-refractivity contribution in [2.75, 3.05) is 32.1 Å². The van der Waals surface area contributed by atoms with Crippen molar-refractivity contribution >= 4 is 22.5 Å². The van der Waals surface area contributed by atoms with Crippen molar-refractivity contribution in [3.05, 3.63) is 36.0 Å². The Kier molecular flexibility index (Phi) is 5.30. The van der Waals surface area contributed by atoms with E-state index in [0.717, 1.165) is 42.5 Å². The Balaban J connectivity index is 1.63. The van der Waals surface area contributed by atoms with Crippen LogP contribution in [-0.2, 0) is 9.53 Å². The van der Waals surface area contributed by atoms with Crippen LogP contribution in [0.1, 0.15) is 24.8 Å². The van der Waals surface area contributed by atoms with Crippen LogP contribution in [0, 0.1) is 6.92 Å². The molecule has 1 aliphatic heterocycles. The van der Waals surface area contributed by atoms with Gasteiger partial charge < -0.3 is 15.0 Å². The number of piperidine rings is 1. The molecule has 0 atom stereocenters. The van der Waals surface area contributed by atoms with Crippen LogP contribution in [-0.4, -0.2) is 48.6 Å². The van der Waals surface area contributed by atoms with Crippen LogP contribution in [0.2, 0.25) is 0 Å². The second kappa shape index (κ2) is 7.62. The third kappa shape index (κ3) is 3.67. The number of para-hydroxylation sites is 1. The number of pyridine rings is 1. The number of nitrogens with one attached hydrogen (secondary N) is 1. The molecule has 0 saturated carbocycles. The quantitative estimate of drug-likeness (QED) is 0.917. The first-order valence-electron chi connectivity index (χ1n) is 8.56. The number of fused-ring (bicyclic) bond motifs is 1. The van der Waals surface area contributed by atoms with Gasteiger partial charge in [0.15, 0.2) is 0 Å². The summed E-state index contributed by atoms with van der Waals surface area (Å²) in [5.74, 6) is 0.195. The lowest BCUT2D eigenvalue weighted by atomic mass is 10.0. The van der Waals surface area contributed by atoms with Gasteiger partial charge in [-0.2, -0.15) is 0 Å². The van der Waals surface area contributed by atoms with Gasteiger partial charge in [0, 0.05) is 43.5 Å². The Labute approximate surface area is 143 Å². The van der Waals surface area contributed by atoms with E-state index in [1.807, 2.05) is 17.2 Å². The number of carbonyl (C=O) groups excluding carboxylic acids is 1. The van der Waals surface area contributed by atoms with Gasteiger partial charge in [-0.3, -0.25) is 9.78 Å². The van der Waals surface area contributed by atoms with E-state index < -0.39 is 0 Å². The van der Waals surface area contributed by atoms with E-state index in [0.29, 0.717) is 19.1 Å². The molecule has 1 aromatic carbocycles. The third-order valence-corrected chi connectivity index (χ3v) is 4.70. The number of carbonyl (C=O) groups is 1. The molecule has 5 heteroatoms. The Bertz CT molecular complexity index is 709. The SMILES string of the molecule is COCCC(=O)N1CCC(Nc2ccnc3c(C)cccc23)CC1. The van der Waals surface area contributed by atoms with Crippen molar-refractivity contribution in [3.63, 3.8) is 0 Å². The molecule has 2 heterocycles. The maximum Gasteiger partial charge on any atom is 0.224 e. The average molecular weight is 327 g/mol. The van der Waals surface area contributed by atoms with Crippen LogP contribution in [0.15, 0.2) is 30.5 Å². The van der Waals surface area contributed by atoms with E-state index in [1.54, 1.807) is 7.11 Å². The third-order valence-electron chi connectivity index (χ3n) is 4.70. The van der Waals surface area contributed by atoms with Gasteiger partial charge in [0.2, 0.25) is 5.91 Å². The summed E-state index contributed by atoms with van der Waals surface area (Å²) < 4.78 is 4.99. The van der Waals surface area contributed by atoms with Crippen molar-refractivity contribution < 1.29 is 9.53 Å². The molecule has 1 aliphatic rings. The van der Waals surface area contributed by atoms with Crippen LogP contribution in [0.4, 0.5) is 5.69 Å². The second-order valence-electron chi connectivity index (χ2n) is 6.37. The van der Waals surface area contributed by atoms with Crippen molar-refractivity contribution in [1.82, 2.24) is 9.88 Å². The van der Waals surface area contributed by atoms with Gasteiger partial charge in [0.1, 0.15) is 0 Å². The molecule has 0 radical (unpaired) electrons. The molecule has 1 saturated heterocycles. The van der Waals surface area contributed by atoms with Gasteiger partial charge in [-0.05, 0) is 31.4 Å². The molecular weight excluding hydrogens is 302 g/mol. The second-order valence-corrected chi connectivity index (χ2v) is 6.37. The highest BCUT2D eigenvalue weighted by Crippen LogP contribution is 2.26. The number of benzene rings is 1. The maximum atomic E-state index is 12.1. The van der Waals surface area contributed by atoms with Crippen LogP contribution in [0.25, 0.3) is 10.9 Å². The number of likely N-dealkylation sites (tertiary alicyclic amines) is 1. The normalized spacial score (nSPS) is 15.7. The van der Waals surface area contributed by atoms with E-state index in [-0.39, 0.29) is 5.91 Å². The lowest BCUT2D eigenvalue weighted by Crippen LogP contribution is -2.42. The Morgan fingerprint density at radius 3 is 2.88 bits per heavy atom. The first-order valence-corrected chi connectivity index (χ1v) is 8.56. The maximum absolute atomic E-state index is 12.1. The number of amides is 1. The largest absolute Gasteiger partial charge is 0.384 e. The predicted molar refractivity (Wildman–Crippen MR) is 96.2 cm³/mol. The minimum atomic E-state index is 0.195. The fraction of sp³-hybridized carbons (Fsp3) is 0.474. The molecule has 24 heavy (non-hydrogen) atoms. The highest BCUT2D eigenvalue weighted by atomic mass is 16.5. The highest BCUT2D eigenvalue weighted by Gasteiger charge is 2.22. The van der Waals surface area contributed by atoms with Crippen LogP contribution >= 0.6 is 0 Å². The zero-order valence-electron chi connectivity index (χ0n) is 14.4. The number of hydrogen-bond acceptors (Lipinski definition) is 4. The molecule has 1 fully saturated rings. The highest BCUT2D eigenvalue weighted by molar-refractivity contribution is 5.92. The number of anilines is 1. The minimum Gasteiger partial charge on any atom is -0.384 e. The number of aromatic nitrogens is 1. The Morgan fingerprint density at radius 1 is 1.33 bits per heavy atom. The fourth-order valence-corrected chi connectivity index (χ4v) is 3.29. The number of aryl methyl sites for hydroxylation is 1. The summed E-state index contributed by atoms with van der Waals surface area (Å²) in [7, 11) is 1.63. The van der Waals surface area contributed by atoms with Crippen molar-refractivity contribution in [2.45, 2.75) is 32.2 Å². The average Bonchev–Trinajstić information content (AvgIpc) is 2.61. The molecule has 5 nitrogen and oxygen atoms in total. The lowest BCUT2D eigenvalue weighted by molar-refractivity contribution is -0.133. The Morgan fingerprint density at radius 2 is 2.12 bits per heavy atom. The number of rotatable bonds is 5. The summed E-state index contributed by atoms with van der Waals surface area (Å²) in [5.41, 5.74) is 3.37. The Hall–Kier alpha value is -2.14. The molecule has 0 unspecified atom stereocenters. The van der Waals surface area contributed by atoms with Crippen molar-refractivity contribution in [1.29, 1.82) is 0 Å². The van der Waals surface area contributed by atoms with Gasteiger partial charge in [0.05, 0.1) is 18.5 Å². The summed E-state index contributed by atoms with van der Waals surface area (Å²) in [5, 5.41) is 4.81. The fourth-order valence-electron chi connectivity index (χ4n) is 3.29. The molecule has 1 amide bonds. The summed E-state index contributed by atoms with van der Waals surface area (Å²) in [6.07, 6.45) is 4.27. The molecule has 128 valence electrons. The molecule has 0 aliphatic carbocycles. The van der Waals surface area contributed by atoms with Gasteiger partial charge in [-0.1, -0.05) is 18.2 Å². The topological polar surface area (TPSA) is 54.5 Å². The monoisotopic (exact) mass is 327 g/mol. The zero-order valence-corrected chi connectivity index (χ0v) is 14.4. The number of ether oxygens (including phenoxy) is 1. The molecule has 3 rings (SSSR count). The molecular formula is C19H25N3O2. The number of nitrogens with zero attached hydrogens (tertiary/aromatic N) is 2. The van der Waals surface area contributed by atoms with Gasteiger partial charge in [0.25, 0.3) is 0 Å². The van der Waals surface area contributed by atoms with E-state index in [2.05, 4.69) is 35.4 Å².